The lowest BCUT2D eigenvalue weighted by Crippen LogP contribution is -2.46. The number of methoxy groups -OCH3 is 1. The summed E-state index contributed by atoms with van der Waals surface area (Å²) in [6.45, 7) is 3.71. The zero-order valence-corrected chi connectivity index (χ0v) is 14.9. The minimum Gasteiger partial charge on any atom is -0.495 e. The van der Waals surface area contributed by atoms with Crippen LogP contribution in [0.15, 0.2) is 59.8 Å². The maximum Gasteiger partial charge on any atom is 0.319 e. The van der Waals surface area contributed by atoms with Gasteiger partial charge in [-0.3, -0.25) is 4.79 Å². The normalized spacial score (nSPS) is 16.6. The summed E-state index contributed by atoms with van der Waals surface area (Å²) in [6.07, 6.45) is 0. The van der Waals surface area contributed by atoms with Crippen molar-refractivity contribution in [3.8, 4) is 5.75 Å². The molecule has 3 amide bonds. The molecule has 2 aromatic rings. The highest BCUT2D eigenvalue weighted by Gasteiger charge is 2.31. The van der Waals surface area contributed by atoms with Gasteiger partial charge < -0.3 is 20.7 Å². The van der Waals surface area contributed by atoms with Gasteiger partial charge in [-0.1, -0.05) is 42.0 Å². The zero-order valence-electron chi connectivity index (χ0n) is 14.9. The Balaban J connectivity index is 1.95. The van der Waals surface area contributed by atoms with E-state index in [2.05, 4.69) is 16.0 Å². The predicted molar refractivity (Wildman–Crippen MR) is 99.9 cm³/mol. The van der Waals surface area contributed by atoms with E-state index in [1.54, 1.807) is 26.2 Å². The molecule has 0 fully saturated rings. The SMILES string of the molecule is COc1ccccc1NC(=O)C1=C(C)NC(=O)N[C@H]1c1ccc(C)cc1. The van der Waals surface area contributed by atoms with Crippen molar-refractivity contribution >= 4 is 17.6 Å². The highest BCUT2D eigenvalue weighted by molar-refractivity contribution is 6.07. The van der Waals surface area contributed by atoms with Crippen molar-refractivity contribution in [3.05, 3.63) is 70.9 Å². The molecule has 0 aromatic heterocycles. The van der Waals surface area contributed by atoms with Gasteiger partial charge in [0.1, 0.15) is 5.75 Å². The van der Waals surface area contributed by atoms with E-state index in [0.29, 0.717) is 22.7 Å². The predicted octanol–water partition coefficient (Wildman–Crippen LogP) is 3.27. The quantitative estimate of drug-likeness (QED) is 0.791. The molecule has 0 aliphatic carbocycles. The monoisotopic (exact) mass is 351 g/mol. The lowest BCUT2D eigenvalue weighted by atomic mass is 9.94. The lowest BCUT2D eigenvalue weighted by Gasteiger charge is -2.29. The van der Waals surface area contributed by atoms with Crippen molar-refractivity contribution in [1.82, 2.24) is 10.6 Å². The minimum absolute atomic E-state index is 0.301. The number of aryl methyl sites for hydroxylation is 1. The number of carbonyl (C=O) groups is 2. The first-order valence-electron chi connectivity index (χ1n) is 8.29. The number of ether oxygens (including phenoxy) is 1. The number of hydrogen-bond acceptors (Lipinski definition) is 3. The standard InChI is InChI=1S/C20H21N3O3/c1-12-8-10-14(11-9-12)18-17(13(2)21-20(25)23-18)19(24)22-15-6-4-5-7-16(15)26-3/h4-11,18H,1-3H3,(H,22,24)(H2,21,23,25)/t18-/m0/s1. The van der Waals surface area contributed by atoms with Gasteiger partial charge in [-0.25, -0.2) is 4.79 Å². The average Bonchev–Trinajstić information content (AvgIpc) is 2.62. The number of urea groups is 1. The van der Waals surface area contributed by atoms with E-state index in [4.69, 9.17) is 4.74 Å². The van der Waals surface area contributed by atoms with Crippen molar-refractivity contribution in [2.24, 2.45) is 0 Å². The van der Waals surface area contributed by atoms with Crippen LogP contribution in [0.4, 0.5) is 10.5 Å². The number of carbonyl (C=O) groups excluding carboxylic acids is 2. The van der Waals surface area contributed by atoms with E-state index in [1.807, 2.05) is 43.3 Å². The molecular formula is C20H21N3O3. The molecule has 134 valence electrons. The van der Waals surface area contributed by atoms with Crippen LogP contribution in [0.25, 0.3) is 0 Å². The van der Waals surface area contributed by atoms with Gasteiger partial charge in [-0.05, 0) is 31.5 Å². The molecule has 0 spiro atoms. The Labute approximate surface area is 152 Å². The largest absolute Gasteiger partial charge is 0.495 e. The number of para-hydroxylation sites is 2. The molecule has 0 bridgehead atoms. The van der Waals surface area contributed by atoms with Crippen molar-refractivity contribution in [2.45, 2.75) is 19.9 Å². The fourth-order valence-electron chi connectivity index (χ4n) is 2.94. The number of rotatable bonds is 4. The molecule has 2 aromatic carbocycles. The number of anilines is 1. The first-order valence-corrected chi connectivity index (χ1v) is 8.29. The van der Waals surface area contributed by atoms with Crippen molar-refractivity contribution < 1.29 is 14.3 Å². The van der Waals surface area contributed by atoms with Crippen LogP contribution in [0, 0.1) is 6.92 Å². The van der Waals surface area contributed by atoms with Crippen LogP contribution >= 0.6 is 0 Å². The van der Waals surface area contributed by atoms with E-state index in [9.17, 15) is 9.59 Å². The molecule has 3 rings (SSSR count). The van der Waals surface area contributed by atoms with Gasteiger partial charge >= 0.3 is 6.03 Å². The Bertz CT molecular complexity index is 872. The van der Waals surface area contributed by atoms with E-state index in [1.165, 1.54) is 0 Å². The van der Waals surface area contributed by atoms with Crippen LogP contribution in [0.5, 0.6) is 5.75 Å². The first-order chi connectivity index (χ1) is 12.5. The van der Waals surface area contributed by atoms with Crippen molar-refractivity contribution in [2.75, 3.05) is 12.4 Å². The fraction of sp³-hybridized carbons (Fsp3) is 0.200. The van der Waals surface area contributed by atoms with Crippen LogP contribution in [0.3, 0.4) is 0 Å². The van der Waals surface area contributed by atoms with Gasteiger partial charge in [-0.15, -0.1) is 0 Å². The molecule has 3 N–H and O–H groups in total. The molecule has 0 radical (unpaired) electrons. The third-order valence-corrected chi connectivity index (χ3v) is 4.28. The minimum atomic E-state index is -0.529. The second-order valence-corrected chi connectivity index (χ2v) is 6.14. The number of nitrogens with one attached hydrogen (secondary N) is 3. The number of allylic oxidation sites excluding steroid dienone is 1. The van der Waals surface area contributed by atoms with Gasteiger partial charge in [0.15, 0.2) is 0 Å². The second-order valence-electron chi connectivity index (χ2n) is 6.14. The Hall–Kier alpha value is -3.28. The number of hydrogen-bond donors (Lipinski definition) is 3. The summed E-state index contributed by atoms with van der Waals surface area (Å²) < 4.78 is 5.29. The van der Waals surface area contributed by atoms with Gasteiger partial charge in [-0.2, -0.15) is 0 Å². The summed E-state index contributed by atoms with van der Waals surface area (Å²) in [4.78, 5) is 24.9. The molecule has 1 aliphatic heterocycles. The summed E-state index contributed by atoms with van der Waals surface area (Å²) in [5.74, 6) is 0.267. The van der Waals surface area contributed by atoms with Crippen LogP contribution < -0.4 is 20.7 Å². The molecule has 0 saturated carbocycles. The van der Waals surface area contributed by atoms with Crippen LogP contribution in [-0.2, 0) is 4.79 Å². The Kier molecular flexibility index (Phi) is 4.93. The summed E-state index contributed by atoms with van der Waals surface area (Å²) in [5, 5.41) is 8.38. The van der Waals surface area contributed by atoms with Crippen LogP contribution in [0.2, 0.25) is 0 Å². The summed E-state index contributed by atoms with van der Waals surface area (Å²) in [7, 11) is 1.55. The van der Waals surface area contributed by atoms with E-state index in [-0.39, 0.29) is 11.9 Å². The Morgan fingerprint density at radius 2 is 1.77 bits per heavy atom. The molecule has 26 heavy (non-hydrogen) atoms. The molecule has 0 saturated heterocycles. The number of benzene rings is 2. The highest BCUT2D eigenvalue weighted by Crippen LogP contribution is 2.30. The fourth-order valence-corrected chi connectivity index (χ4v) is 2.94. The van der Waals surface area contributed by atoms with E-state index >= 15 is 0 Å². The van der Waals surface area contributed by atoms with Gasteiger partial charge in [0.25, 0.3) is 5.91 Å². The summed E-state index contributed by atoms with van der Waals surface area (Å²) >= 11 is 0. The topological polar surface area (TPSA) is 79.5 Å². The van der Waals surface area contributed by atoms with Crippen LogP contribution in [0.1, 0.15) is 24.1 Å². The molecule has 1 aliphatic rings. The smallest absolute Gasteiger partial charge is 0.319 e. The van der Waals surface area contributed by atoms with Gasteiger partial charge in [0, 0.05) is 5.70 Å². The Morgan fingerprint density at radius 3 is 2.46 bits per heavy atom. The van der Waals surface area contributed by atoms with Crippen LogP contribution in [-0.4, -0.2) is 19.0 Å². The van der Waals surface area contributed by atoms with Crippen molar-refractivity contribution in [1.29, 1.82) is 0 Å². The summed E-state index contributed by atoms with van der Waals surface area (Å²) in [6, 6.07) is 14.1. The van der Waals surface area contributed by atoms with Gasteiger partial charge in [0.2, 0.25) is 0 Å². The molecular weight excluding hydrogens is 330 g/mol. The van der Waals surface area contributed by atoms with Gasteiger partial charge in [0.05, 0.1) is 24.4 Å². The third kappa shape index (κ3) is 3.54. The molecule has 1 atom stereocenters. The third-order valence-electron chi connectivity index (χ3n) is 4.28. The van der Waals surface area contributed by atoms with E-state index < -0.39 is 6.04 Å². The lowest BCUT2D eigenvalue weighted by molar-refractivity contribution is -0.113. The maximum atomic E-state index is 13.0. The number of amides is 3. The summed E-state index contributed by atoms with van der Waals surface area (Å²) in [5.41, 5.74) is 3.50. The van der Waals surface area contributed by atoms with E-state index in [0.717, 1.165) is 11.1 Å². The zero-order chi connectivity index (χ0) is 18.7. The van der Waals surface area contributed by atoms with Crippen molar-refractivity contribution in [3.63, 3.8) is 0 Å². The highest BCUT2D eigenvalue weighted by atomic mass is 16.5. The second kappa shape index (κ2) is 7.31. The molecule has 6 nitrogen and oxygen atoms in total. The molecule has 0 unspecified atom stereocenters. The maximum absolute atomic E-state index is 13.0. The molecule has 1 heterocycles. The molecule has 6 heteroatoms. The first kappa shape index (κ1) is 17.5. The average molecular weight is 351 g/mol. The Morgan fingerprint density at radius 1 is 1.08 bits per heavy atom.